The number of ether oxygens (including phenoxy) is 2. The maximum atomic E-state index is 13.6. The number of nitro groups is 1. The molecule has 0 aliphatic heterocycles. The van der Waals surface area contributed by atoms with Gasteiger partial charge in [-0.1, -0.05) is 43.5 Å². The Morgan fingerprint density at radius 2 is 1.66 bits per heavy atom. The van der Waals surface area contributed by atoms with Crippen LogP contribution in [0.15, 0.2) is 48.5 Å². The van der Waals surface area contributed by atoms with Crippen LogP contribution in [0.25, 0.3) is 0 Å². The number of rotatable bonds is 8. The topological polar surface area (TPSA) is 108 Å². The number of esters is 1. The Labute approximate surface area is 187 Å². The number of nitrogens with zero attached hydrogens (tertiary/aromatic N) is 1. The summed E-state index contributed by atoms with van der Waals surface area (Å²) in [4.78, 5) is 36.5. The summed E-state index contributed by atoms with van der Waals surface area (Å²) >= 11 is 0. The third-order valence-corrected chi connectivity index (χ3v) is 6.16. The number of nitro benzene ring substituents is 1. The lowest BCUT2D eigenvalue weighted by atomic mass is 9.68. The van der Waals surface area contributed by atoms with Crippen LogP contribution in [0.4, 0.5) is 5.69 Å². The maximum Gasteiger partial charge on any atom is 0.328 e. The minimum atomic E-state index is -0.897. The summed E-state index contributed by atoms with van der Waals surface area (Å²) in [6, 6.07) is 12.5. The Morgan fingerprint density at radius 1 is 1.03 bits per heavy atom. The molecule has 1 saturated carbocycles. The van der Waals surface area contributed by atoms with Crippen molar-refractivity contribution in [2.24, 2.45) is 0 Å². The summed E-state index contributed by atoms with van der Waals surface area (Å²) in [5.41, 5.74) is 0.822. The molecular weight excluding hydrogens is 412 g/mol. The smallest absolute Gasteiger partial charge is 0.328 e. The van der Waals surface area contributed by atoms with Crippen LogP contribution in [0.5, 0.6) is 5.75 Å². The van der Waals surface area contributed by atoms with E-state index >= 15 is 0 Å². The molecule has 2 aromatic rings. The quantitative estimate of drug-likeness (QED) is 0.381. The van der Waals surface area contributed by atoms with Crippen LogP contribution in [0.1, 0.15) is 43.2 Å². The average Bonchev–Trinajstić information content (AvgIpc) is 2.83. The highest BCUT2D eigenvalue weighted by molar-refractivity contribution is 5.92. The van der Waals surface area contributed by atoms with Gasteiger partial charge in [0.1, 0.15) is 11.8 Å². The van der Waals surface area contributed by atoms with Gasteiger partial charge >= 0.3 is 5.97 Å². The van der Waals surface area contributed by atoms with E-state index in [9.17, 15) is 19.7 Å². The van der Waals surface area contributed by atoms with Gasteiger partial charge in [-0.15, -0.1) is 0 Å². The molecular formula is C24H28N2O6. The molecule has 1 aliphatic carbocycles. The second-order valence-electron chi connectivity index (χ2n) is 8.05. The van der Waals surface area contributed by atoms with Crippen molar-refractivity contribution in [3.05, 3.63) is 69.8 Å². The molecule has 1 atom stereocenters. The summed E-state index contributed by atoms with van der Waals surface area (Å²) in [6.45, 7) is 0. The standard InChI is InChI=1S/C24H28N2O6/c1-31-20-12-8-18(9-13-20)24(14-4-3-5-15-24)23(28)25-21(22(27)32-2)16-17-6-10-19(11-7-17)26(29)30/h6-13,21H,3-5,14-16H2,1-2H3,(H,25,28)/t21-/m0/s1. The van der Waals surface area contributed by atoms with E-state index in [0.717, 1.165) is 24.8 Å². The van der Waals surface area contributed by atoms with Crippen molar-refractivity contribution in [3.63, 3.8) is 0 Å². The largest absolute Gasteiger partial charge is 0.497 e. The predicted molar refractivity (Wildman–Crippen MR) is 119 cm³/mol. The third-order valence-electron chi connectivity index (χ3n) is 6.16. The van der Waals surface area contributed by atoms with Crippen LogP contribution >= 0.6 is 0 Å². The molecule has 0 radical (unpaired) electrons. The van der Waals surface area contributed by atoms with Crippen molar-refractivity contribution < 1.29 is 24.0 Å². The Morgan fingerprint density at radius 3 is 2.19 bits per heavy atom. The number of carbonyl (C=O) groups excluding carboxylic acids is 2. The second kappa shape index (κ2) is 10.3. The zero-order valence-corrected chi connectivity index (χ0v) is 18.3. The Balaban J connectivity index is 1.84. The fraction of sp³-hybridized carbons (Fsp3) is 0.417. The van der Waals surface area contributed by atoms with Crippen molar-refractivity contribution in [2.75, 3.05) is 14.2 Å². The van der Waals surface area contributed by atoms with Crippen molar-refractivity contribution in [1.29, 1.82) is 0 Å². The minimum absolute atomic E-state index is 0.0342. The van der Waals surface area contributed by atoms with E-state index in [1.54, 1.807) is 19.2 Å². The van der Waals surface area contributed by atoms with E-state index in [0.29, 0.717) is 24.2 Å². The number of non-ortho nitro benzene ring substituents is 1. The van der Waals surface area contributed by atoms with Crippen molar-refractivity contribution in [2.45, 2.75) is 50.0 Å². The third kappa shape index (κ3) is 5.07. The van der Waals surface area contributed by atoms with Crippen LogP contribution in [-0.2, 0) is 26.2 Å². The van der Waals surface area contributed by atoms with Crippen LogP contribution in [-0.4, -0.2) is 37.1 Å². The number of carbonyl (C=O) groups is 2. The molecule has 1 aliphatic rings. The van der Waals surface area contributed by atoms with Crippen molar-refractivity contribution >= 4 is 17.6 Å². The number of hydrogen-bond donors (Lipinski definition) is 1. The zero-order chi connectivity index (χ0) is 23.1. The second-order valence-corrected chi connectivity index (χ2v) is 8.05. The van der Waals surface area contributed by atoms with Crippen LogP contribution in [0.3, 0.4) is 0 Å². The lowest BCUT2D eigenvalue weighted by molar-refractivity contribution is -0.384. The Kier molecular flexibility index (Phi) is 7.45. The first-order chi connectivity index (χ1) is 15.4. The first-order valence-corrected chi connectivity index (χ1v) is 10.7. The van der Waals surface area contributed by atoms with E-state index in [4.69, 9.17) is 9.47 Å². The molecule has 8 nitrogen and oxygen atoms in total. The Hall–Kier alpha value is -3.42. The van der Waals surface area contributed by atoms with Gasteiger partial charge < -0.3 is 14.8 Å². The fourth-order valence-corrected chi connectivity index (χ4v) is 4.33. The summed E-state index contributed by atoms with van der Waals surface area (Å²) in [5.74, 6) is -0.0530. The number of benzene rings is 2. The minimum Gasteiger partial charge on any atom is -0.497 e. The summed E-state index contributed by atoms with van der Waals surface area (Å²) < 4.78 is 10.2. The zero-order valence-electron chi connectivity index (χ0n) is 18.3. The molecule has 0 heterocycles. The molecule has 0 saturated heterocycles. The highest BCUT2D eigenvalue weighted by Gasteiger charge is 2.42. The molecule has 0 spiro atoms. The summed E-state index contributed by atoms with van der Waals surface area (Å²) in [6.07, 6.45) is 4.46. The molecule has 3 rings (SSSR count). The molecule has 1 N–H and O–H groups in total. The molecule has 8 heteroatoms. The number of methoxy groups -OCH3 is 2. The van der Waals surface area contributed by atoms with Crippen LogP contribution < -0.4 is 10.1 Å². The highest BCUT2D eigenvalue weighted by atomic mass is 16.6. The normalized spacial score (nSPS) is 15.9. The predicted octanol–water partition coefficient (Wildman–Crippen LogP) is 3.71. The first-order valence-electron chi connectivity index (χ1n) is 10.7. The molecule has 1 fully saturated rings. The number of hydrogen-bond acceptors (Lipinski definition) is 6. The van der Waals surface area contributed by atoms with Crippen molar-refractivity contribution in [1.82, 2.24) is 5.32 Å². The first kappa shape index (κ1) is 23.2. The molecule has 170 valence electrons. The highest BCUT2D eigenvalue weighted by Crippen LogP contribution is 2.40. The summed E-state index contributed by atoms with van der Waals surface area (Å²) in [7, 11) is 2.87. The number of nitrogens with one attached hydrogen (secondary N) is 1. The van der Waals surface area contributed by atoms with Gasteiger partial charge in [0.05, 0.1) is 24.6 Å². The van der Waals surface area contributed by atoms with E-state index in [2.05, 4.69) is 5.32 Å². The maximum absolute atomic E-state index is 13.6. The van der Waals surface area contributed by atoms with E-state index in [1.807, 2.05) is 24.3 Å². The average molecular weight is 440 g/mol. The van der Waals surface area contributed by atoms with Gasteiger partial charge in [0.2, 0.25) is 5.91 Å². The molecule has 0 aromatic heterocycles. The molecule has 2 aromatic carbocycles. The van der Waals surface area contributed by atoms with E-state index in [-0.39, 0.29) is 18.0 Å². The van der Waals surface area contributed by atoms with Gasteiger partial charge in [-0.2, -0.15) is 0 Å². The molecule has 1 amide bonds. The van der Waals surface area contributed by atoms with Gasteiger partial charge in [0.15, 0.2) is 0 Å². The van der Waals surface area contributed by atoms with Gasteiger partial charge in [0.25, 0.3) is 5.69 Å². The van der Waals surface area contributed by atoms with Crippen molar-refractivity contribution in [3.8, 4) is 5.75 Å². The monoisotopic (exact) mass is 440 g/mol. The molecule has 0 unspecified atom stereocenters. The number of amides is 1. The summed E-state index contributed by atoms with van der Waals surface area (Å²) in [5, 5.41) is 13.8. The van der Waals surface area contributed by atoms with Gasteiger partial charge in [-0.3, -0.25) is 14.9 Å². The van der Waals surface area contributed by atoms with Gasteiger partial charge in [-0.05, 0) is 36.1 Å². The van der Waals surface area contributed by atoms with E-state index < -0.39 is 22.3 Å². The molecule has 0 bridgehead atoms. The van der Waals surface area contributed by atoms with Crippen LogP contribution in [0, 0.1) is 10.1 Å². The van der Waals surface area contributed by atoms with Crippen LogP contribution in [0.2, 0.25) is 0 Å². The molecule has 32 heavy (non-hydrogen) atoms. The van der Waals surface area contributed by atoms with E-state index in [1.165, 1.54) is 19.2 Å². The van der Waals surface area contributed by atoms with Gasteiger partial charge in [0, 0.05) is 18.6 Å². The lowest BCUT2D eigenvalue weighted by Crippen LogP contribution is -2.52. The lowest BCUT2D eigenvalue weighted by Gasteiger charge is -2.37. The Bertz CT molecular complexity index is 949. The SMILES string of the molecule is COC(=O)[C@H](Cc1ccc([N+](=O)[O-])cc1)NC(=O)C1(c2ccc(OC)cc2)CCCCC1. The van der Waals surface area contributed by atoms with Gasteiger partial charge in [-0.25, -0.2) is 4.79 Å². The fourth-order valence-electron chi connectivity index (χ4n) is 4.33.